The summed E-state index contributed by atoms with van der Waals surface area (Å²) in [7, 11) is 0. The summed E-state index contributed by atoms with van der Waals surface area (Å²) in [5.74, 6) is -0.754. The monoisotopic (exact) mass is 304 g/mol. The number of nitrogens with zero attached hydrogens (tertiary/aromatic N) is 1. The number of carbonyl (C=O) groups is 2. The van der Waals surface area contributed by atoms with Crippen LogP contribution in [-0.2, 0) is 4.79 Å². The van der Waals surface area contributed by atoms with Crippen LogP contribution in [0.25, 0.3) is 0 Å². The summed E-state index contributed by atoms with van der Waals surface area (Å²) >= 11 is 5.82. The summed E-state index contributed by atoms with van der Waals surface area (Å²) in [4.78, 5) is 27.4. The third-order valence-corrected chi connectivity index (χ3v) is 2.92. The van der Waals surface area contributed by atoms with Crippen molar-refractivity contribution < 1.29 is 9.59 Å². The van der Waals surface area contributed by atoms with Crippen LogP contribution in [0, 0.1) is 0 Å². The lowest BCUT2D eigenvalue weighted by molar-refractivity contribution is -0.115. The van der Waals surface area contributed by atoms with Crippen molar-refractivity contribution in [1.82, 2.24) is 10.3 Å². The smallest absolute Gasteiger partial charge is 0.251 e. The van der Waals surface area contributed by atoms with Crippen molar-refractivity contribution in [2.24, 2.45) is 0 Å². The second kappa shape index (κ2) is 6.71. The molecule has 0 saturated heterocycles. The molecule has 0 aliphatic carbocycles. The van der Waals surface area contributed by atoms with Crippen LogP contribution in [0.5, 0.6) is 0 Å². The number of nitrogens with one attached hydrogen (secondary N) is 2. The number of aromatic nitrogens is 1. The Morgan fingerprint density at radius 3 is 2.57 bits per heavy atom. The number of rotatable bonds is 4. The molecule has 0 atom stereocenters. The van der Waals surface area contributed by atoms with E-state index in [1.807, 2.05) is 0 Å². The highest BCUT2D eigenvalue weighted by molar-refractivity contribution is 6.32. The molecule has 0 spiro atoms. The Kier molecular flexibility index (Phi) is 4.73. The van der Waals surface area contributed by atoms with Crippen molar-refractivity contribution in [3.05, 3.63) is 53.3 Å². The fourth-order valence-electron chi connectivity index (χ4n) is 1.57. The average Bonchev–Trinajstić information content (AvgIpc) is 2.48. The number of carbonyl (C=O) groups excluding carboxylic acids is 2. The maximum Gasteiger partial charge on any atom is 0.251 e. The van der Waals surface area contributed by atoms with E-state index in [1.165, 1.54) is 6.20 Å². The van der Waals surface area contributed by atoms with Crippen LogP contribution < -0.4 is 16.4 Å². The van der Waals surface area contributed by atoms with Crippen LogP contribution in [0.3, 0.4) is 0 Å². The Morgan fingerprint density at radius 1 is 1.19 bits per heavy atom. The van der Waals surface area contributed by atoms with Gasteiger partial charge in [0, 0.05) is 17.4 Å². The molecule has 0 unspecified atom stereocenters. The van der Waals surface area contributed by atoms with Gasteiger partial charge in [0.1, 0.15) is 0 Å². The standard InChI is InChI=1S/C14H13ClN4O2/c15-13-11(2-1-7-17-13)19-12(20)8-18-14(21)9-3-5-10(16)6-4-9/h1-7H,8,16H2,(H,18,21)(H,19,20). The topological polar surface area (TPSA) is 97.1 Å². The van der Waals surface area contributed by atoms with E-state index in [9.17, 15) is 9.59 Å². The molecule has 108 valence electrons. The minimum atomic E-state index is -0.395. The highest BCUT2D eigenvalue weighted by Crippen LogP contribution is 2.16. The van der Waals surface area contributed by atoms with Gasteiger partial charge in [-0.2, -0.15) is 0 Å². The molecule has 4 N–H and O–H groups in total. The van der Waals surface area contributed by atoms with Gasteiger partial charge in [0.2, 0.25) is 5.91 Å². The van der Waals surface area contributed by atoms with Gasteiger partial charge in [0.05, 0.1) is 12.2 Å². The second-order valence-electron chi connectivity index (χ2n) is 4.19. The zero-order valence-corrected chi connectivity index (χ0v) is 11.7. The number of hydrogen-bond donors (Lipinski definition) is 3. The first-order valence-electron chi connectivity index (χ1n) is 6.10. The molecule has 0 aliphatic heterocycles. The lowest BCUT2D eigenvalue weighted by Gasteiger charge is -2.08. The number of nitrogens with two attached hydrogens (primary N) is 1. The summed E-state index contributed by atoms with van der Waals surface area (Å²) in [5, 5.41) is 5.25. The molecular weight excluding hydrogens is 292 g/mol. The van der Waals surface area contributed by atoms with Crippen molar-refractivity contribution in [3.8, 4) is 0 Å². The molecular formula is C14H13ClN4O2. The number of nitrogen functional groups attached to an aromatic ring is 1. The summed E-state index contributed by atoms with van der Waals surface area (Å²) in [6, 6.07) is 9.67. The zero-order valence-electron chi connectivity index (χ0n) is 11.0. The van der Waals surface area contributed by atoms with E-state index in [-0.39, 0.29) is 17.6 Å². The fourth-order valence-corrected chi connectivity index (χ4v) is 1.74. The first kappa shape index (κ1) is 14.8. The molecule has 0 saturated carbocycles. The number of pyridine rings is 1. The van der Waals surface area contributed by atoms with Gasteiger partial charge >= 0.3 is 0 Å². The van der Waals surface area contributed by atoms with E-state index >= 15 is 0 Å². The van der Waals surface area contributed by atoms with E-state index in [0.717, 1.165) is 0 Å². The minimum absolute atomic E-state index is 0.172. The predicted molar refractivity (Wildman–Crippen MR) is 81.1 cm³/mol. The summed E-state index contributed by atoms with van der Waals surface area (Å²) in [6.45, 7) is -0.172. The number of amides is 2. The summed E-state index contributed by atoms with van der Waals surface area (Å²) < 4.78 is 0. The lowest BCUT2D eigenvalue weighted by Crippen LogP contribution is -2.32. The second-order valence-corrected chi connectivity index (χ2v) is 4.55. The van der Waals surface area contributed by atoms with E-state index in [0.29, 0.717) is 16.9 Å². The average molecular weight is 305 g/mol. The normalized spacial score (nSPS) is 9.95. The Hall–Kier alpha value is -2.60. The van der Waals surface area contributed by atoms with Crippen LogP contribution in [0.4, 0.5) is 11.4 Å². The maximum atomic E-state index is 11.8. The van der Waals surface area contributed by atoms with Gasteiger partial charge < -0.3 is 16.4 Å². The van der Waals surface area contributed by atoms with Crippen molar-refractivity contribution in [2.45, 2.75) is 0 Å². The predicted octanol–water partition coefficient (Wildman–Crippen LogP) is 1.69. The van der Waals surface area contributed by atoms with E-state index in [2.05, 4.69) is 15.6 Å². The fraction of sp³-hybridized carbons (Fsp3) is 0.0714. The molecule has 1 aromatic carbocycles. The largest absolute Gasteiger partial charge is 0.399 e. The summed E-state index contributed by atoms with van der Waals surface area (Å²) in [5.41, 5.74) is 6.92. The van der Waals surface area contributed by atoms with E-state index in [4.69, 9.17) is 17.3 Å². The van der Waals surface area contributed by atoms with Crippen molar-refractivity contribution in [2.75, 3.05) is 17.6 Å². The molecule has 2 amide bonds. The zero-order chi connectivity index (χ0) is 15.2. The van der Waals surface area contributed by atoms with E-state index in [1.54, 1.807) is 36.4 Å². The maximum absolute atomic E-state index is 11.8. The van der Waals surface area contributed by atoms with Crippen LogP contribution >= 0.6 is 11.6 Å². The number of benzene rings is 1. The quantitative estimate of drug-likeness (QED) is 0.591. The van der Waals surface area contributed by atoms with Crippen molar-refractivity contribution in [1.29, 1.82) is 0 Å². The molecule has 21 heavy (non-hydrogen) atoms. The number of hydrogen-bond acceptors (Lipinski definition) is 4. The Morgan fingerprint density at radius 2 is 1.90 bits per heavy atom. The van der Waals surface area contributed by atoms with E-state index < -0.39 is 5.91 Å². The molecule has 0 aliphatic rings. The van der Waals surface area contributed by atoms with Crippen LogP contribution in [-0.4, -0.2) is 23.3 Å². The van der Waals surface area contributed by atoms with Gasteiger partial charge in [-0.05, 0) is 36.4 Å². The molecule has 0 fully saturated rings. The molecule has 6 nitrogen and oxygen atoms in total. The Bertz CT molecular complexity index is 658. The van der Waals surface area contributed by atoms with Crippen LogP contribution in [0.1, 0.15) is 10.4 Å². The van der Waals surface area contributed by atoms with Gasteiger partial charge in [0.15, 0.2) is 5.15 Å². The summed E-state index contributed by atoms with van der Waals surface area (Å²) in [6.07, 6.45) is 1.51. The van der Waals surface area contributed by atoms with Crippen molar-refractivity contribution in [3.63, 3.8) is 0 Å². The molecule has 7 heteroatoms. The molecule has 0 bridgehead atoms. The lowest BCUT2D eigenvalue weighted by atomic mass is 10.2. The first-order valence-corrected chi connectivity index (χ1v) is 6.48. The third-order valence-electron chi connectivity index (χ3n) is 2.62. The highest BCUT2D eigenvalue weighted by Gasteiger charge is 2.09. The van der Waals surface area contributed by atoms with Gasteiger partial charge in [-0.1, -0.05) is 11.6 Å². The SMILES string of the molecule is Nc1ccc(C(=O)NCC(=O)Nc2cccnc2Cl)cc1. The minimum Gasteiger partial charge on any atom is -0.399 e. The highest BCUT2D eigenvalue weighted by atomic mass is 35.5. The molecule has 2 aromatic rings. The van der Waals surface area contributed by atoms with Gasteiger partial charge in [-0.25, -0.2) is 4.98 Å². The van der Waals surface area contributed by atoms with Crippen LogP contribution in [0.2, 0.25) is 5.15 Å². The molecule has 1 aromatic heterocycles. The van der Waals surface area contributed by atoms with Gasteiger partial charge in [0.25, 0.3) is 5.91 Å². The Balaban J connectivity index is 1.88. The molecule has 0 radical (unpaired) electrons. The number of halogens is 1. The third kappa shape index (κ3) is 4.19. The van der Waals surface area contributed by atoms with Gasteiger partial charge in [-0.3, -0.25) is 9.59 Å². The first-order chi connectivity index (χ1) is 10.1. The number of anilines is 2. The van der Waals surface area contributed by atoms with Crippen molar-refractivity contribution >= 4 is 34.8 Å². The van der Waals surface area contributed by atoms with Crippen LogP contribution in [0.15, 0.2) is 42.6 Å². The molecule has 1 heterocycles. The molecule has 2 rings (SSSR count). The van der Waals surface area contributed by atoms with Gasteiger partial charge in [-0.15, -0.1) is 0 Å². The Labute approximate surface area is 126 Å².